The van der Waals surface area contributed by atoms with Gasteiger partial charge in [-0.05, 0) is 43.7 Å². The lowest BCUT2D eigenvalue weighted by atomic mass is 10.2. The maximum Gasteiger partial charge on any atom is 0.244 e. The number of pyridine rings is 1. The summed E-state index contributed by atoms with van der Waals surface area (Å²) < 4.78 is 11.1. The molecule has 3 aromatic rings. The van der Waals surface area contributed by atoms with E-state index in [0.29, 0.717) is 24.0 Å². The number of aliphatic hydroxyl groups is 1. The minimum Gasteiger partial charge on any atom is -0.462 e. The smallest absolute Gasteiger partial charge is 0.244 e. The molecule has 3 aromatic heterocycles. The molecule has 0 saturated carbocycles. The van der Waals surface area contributed by atoms with Crippen LogP contribution >= 0.6 is 0 Å². The normalized spacial score (nSPS) is 17.7. The molecule has 136 valence electrons. The highest BCUT2D eigenvalue weighted by molar-refractivity contribution is 5.55. The van der Waals surface area contributed by atoms with Crippen LogP contribution in [0.2, 0.25) is 0 Å². The van der Waals surface area contributed by atoms with Gasteiger partial charge in [-0.1, -0.05) is 5.16 Å². The van der Waals surface area contributed by atoms with Crippen molar-refractivity contribution in [3.05, 3.63) is 47.9 Å². The molecule has 4 rings (SSSR count). The molecule has 0 bridgehead atoms. The van der Waals surface area contributed by atoms with E-state index in [2.05, 4.69) is 25.3 Å². The van der Waals surface area contributed by atoms with E-state index in [4.69, 9.17) is 14.0 Å². The summed E-state index contributed by atoms with van der Waals surface area (Å²) >= 11 is 0. The lowest BCUT2D eigenvalue weighted by Crippen LogP contribution is -2.22. The maximum absolute atomic E-state index is 9.14. The minimum absolute atomic E-state index is 0.0727. The van der Waals surface area contributed by atoms with Crippen molar-refractivity contribution < 1.29 is 14.0 Å². The number of anilines is 1. The molecule has 1 saturated heterocycles. The zero-order valence-electron chi connectivity index (χ0n) is 14.6. The third-order valence-electron chi connectivity index (χ3n) is 4.60. The molecule has 1 aliphatic heterocycles. The van der Waals surface area contributed by atoms with Crippen LogP contribution in [0.25, 0.3) is 11.4 Å². The van der Waals surface area contributed by atoms with Crippen LogP contribution in [0.1, 0.15) is 36.3 Å². The topological polar surface area (TPSA) is 100 Å². The van der Waals surface area contributed by atoms with Crippen molar-refractivity contribution in [2.75, 3.05) is 18.9 Å². The Labute approximate surface area is 150 Å². The van der Waals surface area contributed by atoms with Gasteiger partial charge in [0.2, 0.25) is 11.7 Å². The Hall–Kier alpha value is -2.71. The van der Waals surface area contributed by atoms with Gasteiger partial charge in [0.05, 0.1) is 12.6 Å². The average molecular weight is 355 g/mol. The molecule has 0 spiro atoms. The van der Waals surface area contributed by atoms with Gasteiger partial charge in [0.25, 0.3) is 0 Å². The van der Waals surface area contributed by atoms with Crippen LogP contribution in [0, 0.1) is 0 Å². The maximum atomic E-state index is 9.14. The molecule has 0 radical (unpaired) electrons. The molecule has 8 heteroatoms. The minimum atomic E-state index is -0.0865. The highest BCUT2D eigenvalue weighted by Gasteiger charge is 2.31. The molecule has 0 unspecified atom stereocenters. The third kappa shape index (κ3) is 3.33. The van der Waals surface area contributed by atoms with Crippen molar-refractivity contribution in [1.82, 2.24) is 20.0 Å². The van der Waals surface area contributed by atoms with Crippen LogP contribution in [0.15, 0.2) is 39.4 Å². The zero-order valence-corrected chi connectivity index (χ0v) is 14.6. The molecule has 26 heavy (non-hydrogen) atoms. The van der Waals surface area contributed by atoms with Gasteiger partial charge in [-0.3, -0.25) is 4.90 Å². The highest BCUT2D eigenvalue weighted by atomic mass is 16.5. The Balaban J connectivity index is 1.50. The first-order chi connectivity index (χ1) is 12.8. The number of hydrogen-bond acceptors (Lipinski definition) is 8. The van der Waals surface area contributed by atoms with Gasteiger partial charge in [0.15, 0.2) is 0 Å². The Bertz CT molecular complexity index is 858. The van der Waals surface area contributed by atoms with Gasteiger partial charge in [-0.15, -0.1) is 0 Å². The number of rotatable bonds is 6. The summed E-state index contributed by atoms with van der Waals surface area (Å²) in [6, 6.07) is 7.56. The third-order valence-corrected chi connectivity index (χ3v) is 4.60. The number of aliphatic hydroxyl groups excluding tert-OH is 1. The molecule has 1 fully saturated rings. The Morgan fingerprint density at radius 1 is 1.27 bits per heavy atom. The second-order valence-electron chi connectivity index (χ2n) is 6.29. The standard InChI is InChI=1S/C18H21N5O3/c1-19-16-7-4-12(9-20-16)17-21-18(26-22-17)15-3-2-8-23(15)10-13-5-6-14(11-24)25-13/h4-7,9,15,24H,2-3,8,10-11H2,1H3,(H,19,20)/t15-/m0/s1. The van der Waals surface area contributed by atoms with Crippen LogP contribution in [0.4, 0.5) is 5.82 Å². The van der Waals surface area contributed by atoms with E-state index in [1.54, 1.807) is 12.3 Å². The van der Waals surface area contributed by atoms with E-state index in [9.17, 15) is 0 Å². The number of nitrogens with one attached hydrogen (secondary N) is 1. The van der Waals surface area contributed by atoms with Gasteiger partial charge >= 0.3 is 0 Å². The van der Waals surface area contributed by atoms with E-state index < -0.39 is 0 Å². The van der Waals surface area contributed by atoms with Crippen molar-refractivity contribution in [2.24, 2.45) is 0 Å². The molecule has 1 aliphatic rings. The van der Waals surface area contributed by atoms with Crippen molar-refractivity contribution in [3.63, 3.8) is 0 Å². The molecule has 0 aliphatic carbocycles. The van der Waals surface area contributed by atoms with Gasteiger partial charge in [-0.25, -0.2) is 4.98 Å². The monoisotopic (exact) mass is 355 g/mol. The lowest BCUT2D eigenvalue weighted by molar-refractivity contribution is 0.182. The summed E-state index contributed by atoms with van der Waals surface area (Å²) in [5.74, 6) is 3.35. The summed E-state index contributed by atoms with van der Waals surface area (Å²) in [6.07, 6.45) is 3.76. The van der Waals surface area contributed by atoms with Crippen LogP contribution < -0.4 is 5.32 Å². The summed E-state index contributed by atoms with van der Waals surface area (Å²) in [4.78, 5) is 11.1. The lowest BCUT2D eigenvalue weighted by Gasteiger charge is -2.19. The largest absolute Gasteiger partial charge is 0.462 e. The van der Waals surface area contributed by atoms with E-state index in [0.717, 1.165) is 36.5 Å². The van der Waals surface area contributed by atoms with Crippen molar-refractivity contribution in [3.8, 4) is 11.4 Å². The second kappa shape index (κ2) is 7.27. The summed E-state index contributed by atoms with van der Waals surface area (Å²) in [7, 11) is 1.83. The van der Waals surface area contributed by atoms with Gasteiger partial charge in [0.1, 0.15) is 23.9 Å². The SMILES string of the molecule is CNc1ccc(-c2noc([C@@H]3CCCN3Cc3ccc(CO)o3)n2)cn1. The van der Waals surface area contributed by atoms with Gasteiger partial charge in [0, 0.05) is 18.8 Å². The number of hydrogen-bond donors (Lipinski definition) is 2. The molecule has 1 atom stereocenters. The number of nitrogens with zero attached hydrogens (tertiary/aromatic N) is 4. The molecule has 0 aromatic carbocycles. The molecular formula is C18H21N5O3. The molecule has 4 heterocycles. The predicted octanol–water partition coefficient (Wildman–Crippen LogP) is 2.60. The number of furan rings is 1. The van der Waals surface area contributed by atoms with Crippen molar-refractivity contribution >= 4 is 5.82 Å². The van der Waals surface area contributed by atoms with E-state index in [1.807, 2.05) is 25.2 Å². The first-order valence-electron chi connectivity index (χ1n) is 8.67. The predicted molar refractivity (Wildman–Crippen MR) is 94.1 cm³/mol. The summed E-state index contributed by atoms with van der Waals surface area (Å²) in [6.45, 7) is 1.51. The fourth-order valence-electron chi connectivity index (χ4n) is 3.25. The first-order valence-corrected chi connectivity index (χ1v) is 8.67. The fourth-order valence-corrected chi connectivity index (χ4v) is 3.25. The molecule has 8 nitrogen and oxygen atoms in total. The van der Waals surface area contributed by atoms with Crippen LogP contribution in [-0.2, 0) is 13.2 Å². The summed E-state index contributed by atoms with van der Waals surface area (Å²) in [5, 5.41) is 16.2. The first kappa shape index (κ1) is 16.7. The van der Waals surface area contributed by atoms with Crippen molar-refractivity contribution in [1.29, 1.82) is 0 Å². The van der Waals surface area contributed by atoms with E-state index in [-0.39, 0.29) is 12.6 Å². The van der Waals surface area contributed by atoms with Gasteiger partial charge in [-0.2, -0.15) is 4.98 Å². The van der Waals surface area contributed by atoms with Crippen molar-refractivity contribution in [2.45, 2.75) is 32.0 Å². The van der Waals surface area contributed by atoms with E-state index in [1.165, 1.54) is 0 Å². The van der Waals surface area contributed by atoms with E-state index >= 15 is 0 Å². The quantitative estimate of drug-likeness (QED) is 0.696. The number of aromatic nitrogens is 3. The average Bonchev–Trinajstić information content (AvgIpc) is 3.42. The Kier molecular flexibility index (Phi) is 4.68. The van der Waals surface area contributed by atoms with Gasteiger partial charge < -0.3 is 19.4 Å². The molecule has 0 amide bonds. The second-order valence-corrected chi connectivity index (χ2v) is 6.29. The molecular weight excluding hydrogens is 334 g/mol. The summed E-state index contributed by atoms with van der Waals surface area (Å²) in [5.41, 5.74) is 0.821. The number of likely N-dealkylation sites (tertiary alicyclic amines) is 1. The Morgan fingerprint density at radius 3 is 2.88 bits per heavy atom. The zero-order chi connectivity index (χ0) is 17.9. The van der Waals surface area contributed by atoms with Crippen LogP contribution in [0.3, 0.4) is 0 Å². The molecule has 2 N–H and O–H groups in total. The fraction of sp³-hybridized carbons (Fsp3) is 0.389. The highest BCUT2D eigenvalue weighted by Crippen LogP contribution is 2.33. The van der Waals surface area contributed by atoms with Crippen LogP contribution in [0.5, 0.6) is 0 Å². The Morgan fingerprint density at radius 2 is 2.15 bits per heavy atom. The van der Waals surface area contributed by atoms with Crippen LogP contribution in [-0.4, -0.2) is 38.7 Å².